The van der Waals surface area contributed by atoms with Gasteiger partial charge in [0.25, 0.3) is 0 Å². The molecule has 1 aromatic carbocycles. The molecule has 0 aliphatic heterocycles. The summed E-state index contributed by atoms with van der Waals surface area (Å²) in [6.45, 7) is 1.48. The Kier molecular flexibility index (Phi) is 5.26. The standard InChI is InChI=1S/C14H14BrFN2S2/c1-18(6-9-4-13(15)20-8-9)7-10-2-3-11(16)5-12(10)14(17)19/h2-5,8H,6-7H2,1H3,(H2,17,19). The highest BCUT2D eigenvalue weighted by Gasteiger charge is 2.10. The molecule has 0 saturated carbocycles. The van der Waals surface area contributed by atoms with Gasteiger partial charge in [0.15, 0.2) is 0 Å². The highest BCUT2D eigenvalue weighted by Crippen LogP contribution is 2.22. The largest absolute Gasteiger partial charge is 0.389 e. The molecule has 1 aromatic heterocycles. The Hall–Kier alpha value is -0.820. The zero-order chi connectivity index (χ0) is 14.7. The van der Waals surface area contributed by atoms with E-state index in [1.165, 1.54) is 17.7 Å². The van der Waals surface area contributed by atoms with Crippen LogP contribution in [0.4, 0.5) is 4.39 Å². The molecule has 0 aliphatic rings. The first kappa shape index (κ1) is 15.6. The lowest BCUT2D eigenvalue weighted by Gasteiger charge is -2.18. The summed E-state index contributed by atoms with van der Waals surface area (Å²) in [7, 11) is 2.01. The van der Waals surface area contributed by atoms with Gasteiger partial charge in [-0.3, -0.25) is 4.90 Å². The molecule has 2 aromatic rings. The first-order valence-electron chi connectivity index (χ1n) is 5.95. The molecule has 0 aliphatic carbocycles. The van der Waals surface area contributed by atoms with Gasteiger partial charge in [-0.1, -0.05) is 18.3 Å². The highest BCUT2D eigenvalue weighted by atomic mass is 79.9. The zero-order valence-electron chi connectivity index (χ0n) is 10.9. The van der Waals surface area contributed by atoms with Crippen LogP contribution in [0.1, 0.15) is 16.7 Å². The van der Waals surface area contributed by atoms with Crippen LogP contribution < -0.4 is 5.73 Å². The van der Waals surface area contributed by atoms with Crippen LogP contribution in [0.15, 0.2) is 33.4 Å². The highest BCUT2D eigenvalue weighted by molar-refractivity contribution is 9.11. The van der Waals surface area contributed by atoms with Crippen LogP contribution in [0.2, 0.25) is 0 Å². The fourth-order valence-corrected chi connectivity index (χ4v) is 3.39. The van der Waals surface area contributed by atoms with Crippen molar-refractivity contribution in [1.29, 1.82) is 0 Å². The van der Waals surface area contributed by atoms with Crippen molar-refractivity contribution in [2.45, 2.75) is 13.1 Å². The van der Waals surface area contributed by atoms with Crippen LogP contribution in [0, 0.1) is 5.82 Å². The van der Waals surface area contributed by atoms with E-state index in [2.05, 4.69) is 32.3 Å². The molecule has 0 spiro atoms. The third-order valence-electron chi connectivity index (χ3n) is 2.85. The van der Waals surface area contributed by atoms with Crippen molar-refractivity contribution in [3.8, 4) is 0 Å². The van der Waals surface area contributed by atoms with Crippen LogP contribution in [0.5, 0.6) is 0 Å². The van der Waals surface area contributed by atoms with E-state index < -0.39 is 0 Å². The molecule has 6 heteroatoms. The van der Waals surface area contributed by atoms with Crippen LogP contribution in [0.25, 0.3) is 0 Å². The van der Waals surface area contributed by atoms with Crippen LogP contribution >= 0.6 is 39.5 Å². The molecule has 2 rings (SSSR count). The zero-order valence-corrected chi connectivity index (χ0v) is 14.1. The first-order chi connectivity index (χ1) is 9.45. The average molecular weight is 373 g/mol. The second-order valence-corrected chi connectivity index (χ2v) is 7.33. The van der Waals surface area contributed by atoms with Gasteiger partial charge in [-0.15, -0.1) is 11.3 Å². The number of rotatable bonds is 5. The average Bonchev–Trinajstić information content (AvgIpc) is 2.76. The predicted molar refractivity (Wildman–Crippen MR) is 89.5 cm³/mol. The number of nitrogens with two attached hydrogens (primary N) is 1. The first-order valence-corrected chi connectivity index (χ1v) is 8.03. The number of thiophene rings is 1. The minimum atomic E-state index is -0.319. The fraction of sp³-hybridized carbons (Fsp3) is 0.214. The molecule has 0 atom stereocenters. The van der Waals surface area contributed by atoms with Crippen molar-refractivity contribution >= 4 is 44.5 Å². The summed E-state index contributed by atoms with van der Waals surface area (Å²) in [5.74, 6) is -0.319. The normalized spacial score (nSPS) is 11.0. The molecule has 0 amide bonds. The smallest absolute Gasteiger partial charge is 0.123 e. The SMILES string of the molecule is CN(Cc1csc(Br)c1)Cc1ccc(F)cc1C(N)=S. The van der Waals surface area contributed by atoms with Crippen molar-refractivity contribution in [2.75, 3.05) is 7.05 Å². The van der Waals surface area contributed by atoms with Gasteiger partial charge in [-0.2, -0.15) is 0 Å². The second kappa shape index (κ2) is 6.76. The van der Waals surface area contributed by atoms with Gasteiger partial charge < -0.3 is 5.73 Å². The molecule has 2 nitrogen and oxygen atoms in total. The van der Waals surface area contributed by atoms with Crippen LogP contribution in [-0.4, -0.2) is 16.9 Å². The lowest BCUT2D eigenvalue weighted by atomic mass is 10.1. The predicted octanol–water partition coefficient (Wildman–Crippen LogP) is 3.92. The molecule has 1 heterocycles. The van der Waals surface area contributed by atoms with Crippen molar-refractivity contribution in [3.63, 3.8) is 0 Å². The van der Waals surface area contributed by atoms with Gasteiger partial charge in [0.1, 0.15) is 10.8 Å². The summed E-state index contributed by atoms with van der Waals surface area (Å²) < 4.78 is 14.4. The number of hydrogen-bond acceptors (Lipinski definition) is 3. The molecule has 0 radical (unpaired) electrons. The van der Waals surface area contributed by atoms with Crippen molar-refractivity contribution in [3.05, 3.63) is 55.9 Å². The monoisotopic (exact) mass is 372 g/mol. The molecule has 0 bridgehead atoms. The Morgan fingerprint density at radius 1 is 1.40 bits per heavy atom. The molecule has 0 unspecified atom stereocenters. The van der Waals surface area contributed by atoms with Gasteiger partial charge in [0.05, 0.1) is 3.79 Å². The Morgan fingerprint density at radius 3 is 2.75 bits per heavy atom. The maximum atomic E-state index is 13.3. The van der Waals surface area contributed by atoms with E-state index in [-0.39, 0.29) is 10.8 Å². The number of benzene rings is 1. The maximum absolute atomic E-state index is 13.3. The molecule has 20 heavy (non-hydrogen) atoms. The number of thiocarbonyl (C=S) groups is 1. The van der Waals surface area contributed by atoms with E-state index in [0.717, 1.165) is 15.9 Å². The van der Waals surface area contributed by atoms with Crippen LogP contribution in [-0.2, 0) is 13.1 Å². The summed E-state index contributed by atoms with van der Waals surface area (Å²) in [6.07, 6.45) is 0. The second-order valence-electron chi connectivity index (χ2n) is 4.60. The van der Waals surface area contributed by atoms with E-state index in [1.54, 1.807) is 17.4 Å². The summed E-state index contributed by atoms with van der Waals surface area (Å²) in [5.41, 5.74) is 8.45. The van der Waals surface area contributed by atoms with Crippen molar-refractivity contribution < 1.29 is 4.39 Å². The maximum Gasteiger partial charge on any atom is 0.123 e. The van der Waals surface area contributed by atoms with Crippen molar-refractivity contribution in [1.82, 2.24) is 4.90 Å². The van der Waals surface area contributed by atoms with Crippen molar-refractivity contribution in [2.24, 2.45) is 5.73 Å². The van der Waals surface area contributed by atoms with E-state index in [9.17, 15) is 4.39 Å². The third kappa shape index (κ3) is 4.09. The van der Waals surface area contributed by atoms with Gasteiger partial charge >= 0.3 is 0 Å². The van der Waals surface area contributed by atoms with Gasteiger partial charge in [0.2, 0.25) is 0 Å². The van der Waals surface area contributed by atoms with E-state index in [1.807, 2.05) is 7.05 Å². The van der Waals surface area contributed by atoms with Gasteiger partial charge in [-0.25, -0.2) is 4.39 Å². The number of hydrogen-bond donors (Lipinski definition) is 1. The molecular formula is C14H14BrFN2S2. The summed E-state index contributed by atoms with van der Waals surface area (Å²) >= 11 is 10.1. The Bertz CT molecular complexity index is 627. The third-order valence-corrected chi connectivity index (χ3v) is 4.63. The molecule has 106 valence electrons. The number of halogens is 2. The van der Waals surface area contributed by atoms with Crippen LogP contribution in [0.3, 0.4) is 0 Å². The molecule has 0 fully saturated rings. The lowest BCUT2D eigenvalue weighted by Crippen LogP contribution is -2.20. The summed E-state index contributed by atoms with van der Waals surface area (Å²) in [5, 5.41) is 2.11. The van der Waals surface area contributed by atoms with Gasteiger partial charge in [-0.05, 0) is 57.7 Å². The molecule has 0 saturated heterocycles. The molecular weight excluding hydrogens is 359 g/mol. The van der Waals surface area contributed by atoms with Gasteiger partial charge in [0, 0.05) is 18.7 Å². The summed E-state index contributed by atoms with van der Waals surface area (Å²) in [6, 6.07) is 6.67. The minimum absolute atomic E-state index is 0.228. The number of nitrogens with zero attached hydrogens (tertiary/aromatic N) is 1. The minimum Gasteiger partial charge on any atom is -0.389 e. The van der Waals surface area contributed by atoms with E-state index in [4.69, 9.17) is 18.0 Å². The molecule has 2 N–H and O–H groups in total. The Labute approximate surface area is 135 Å². The van der Waals surface area contributed by atoms with E-state index >= 15 is 0 Å². The topological polar surface area (TPSA) is 29.3 Å². The quantitative estimate of drug-likeness (QED) is 0.806. The Balaban J connectivity index is 2.11. The fourth-order valence-electron chi connectivity index (χ4n) is 2.00. The van der Waals surface area contributed by atoms with E-state index in [0.29, 0.717) is 12.1 Å². The Morgan fingerprint density at radius 2 is 2.15 bits per heavy atom. The summed E-state index contributed by atoms with van der Waals surface area (Å²) in [4.78, 5) is 2.37. The lowest BCUT2D eigenvalue weighted by molar-refractivity contribution is 0.319.